The number of nitrogens with two attached hydrogens (primary N) is 2. The first kappa shape index (κ1) is 31.1. The molecule has 1 saturated heterocycles. The van der Waals surface area contributed by atoms with Crippen molar-refractivity contribution in [2.75, 3.05) is 25.4 Å². The predicted molar refractivity (Wildman–Crippen MR) is 129 cm³/mol. The predicted octanol–water partition coefficient (Wildman–Crippen LogP) is -0.513. The van der Waals surface area contributed by atoms with Crippen LogP contribution in [-0.2, 0) is 31.6 Å². The van der Waals surface area contributed by atoms with Gasteiger partial charge in [0.1, 0.15) is 30.2 Å². The van der Waals surface area contributed by atoms with Crippen molar-refractivity contribution in [2.24, 2.45) is 5.73 Å². The van der Waals surface area contributed by atoms with Gasteiger partial charge in [-0.15, -0.1) is 0 Å². The summed E-state index contributed by atoms with van der Waals surface area (Å²) < 4.78 is 55.8. The van der Waals surface area contributed by atoms with Crippen LogP contribution in [0.1, 0.15) is 31.9 Å². The number of hydrogen-bond donors (Lipinski definition) is 8. The average Bonchev–Trinajstić information content (AvgIpc) is 3.35. The van der Waals surface area contributed by atoms with Crippen LogP contribution in [0, 0.1) is 0 Å². The number of nitrogens with one attached hydrogen (secondary N) is 1. The van der Waals surface area contributed by atoms with Crippen LogP contribution >= 0.6 is 23.4 Å². The zero-order valence-corrected chi connectivity index (χ0v) is 22.5. The SMILES string of the molecule is NCCCCCCNP(=O)(O)OP(=O)(O)OP(=O)(O)OC[C@H]1O[C@@H](n2cnc3c(N)ncnc32)[C@H](O)[C@@H]1O. The Balaban J connectivity index is 1.54. The quantitative estimate of drug-likeness (QED) is 0.0936. The van der Waals surface area contributed by atoms with E-state index in [0.29, 0.717) is 19.4 Å². The van der Waals surface area contributed by atoms with Crippen molar-refractivity contribution in [1.82, 2.24) is 24.6 Å². The van der Waals surface area contributed by atoms with Crippen LogP contribution in [0.2, 0.25) is 0 Å². The van der Waals surface area contributed by atoms with E-state index in [1.165, 1.54) is 10.9 Å². The lowest BCUT2D eigenvalue weighted by molar-refractivity contribution is -0.0503. The second kappa shape index (κ2) is 12.8. The third-order valence-electron chi connectivity index (χ3n) is 5.26. The Morgan fingerprint density at radius 2 is 1.71 bits per heavy atom. The van der Waals surface area contributed by atoms with E-state index in [0.717, 1.165) is 19.2 Å². The van der Waals surface area contributed by atoms with E-state index in [4.69, 9.17) is 16.2 Å². The molecule has 0 amide bonds. The van der Waals surface area contributed by atoms with Crippen LogP contribution < -0.4 is 16.6 Å². The van der Waals surface area contributed by atoms with E-state index < -0.39 is 54.5 Å². The van der Waals surface area contributed by atoms with E-state index in [1.54, 1.807) is 0 Å². The Morgan fingerprint density at radius 1 is 1.00 bits per heavy atom. The summed E-state index contributed by atoms with van der Waals surface area (Å²) in [6, 6.07) is 0. The maximum absolute atomic E-state index is 12.2. The molecule has 10 N–H and O–H groups in total. The highest BCUT2D eigenvalue weighted by Crippen LogP contribution is 2.66. The molecule has 3 rings (SSSR count). The minimum Gasteiger partial charge on any atom is -0.387 e. The van der Waals surface area contributed by atoms with Gasteiger partial charge in [0, 0.05) is 6.54 Å². The van der Waals surface area contributed by atoms with Gasteiger partial charge in [0.15, 0.2) is 17.7 Å². The van der Waals surface area contributed by atoms with Crippen molar-refractivity contribution in [1.29, 1.82) is 0 Å². The molecule has 3 unspecified atom stereocenters. The zero-order chi connectivity index (χ0) is 28.1. The standard InChI is InChI=1S/C16H30N7O12P3/c17-5-3-1-2-4-6-22-36(26,27)34-38(30,31)35-37(28,29)32-7-10-12(24)13(25)16(33-10)23-9-21-11-14(18)19-8-20-15(11)23/h8-10,12-13,16,24-25H,1-7,17H2,(H,28,29)(H,30,31)(H2,18,19,20)(H2,22,26,27)/t10-,12-,13-,16-/m1/s1. The van der Waals surface area contributed by atoms with Crippen molar-refractivity contribution in [3.05, 3.63) is 12.7 Å². The van der Waals surface area contributed by atoms with Gasteiger partial charge >= 0.3 is 23.4 Å². The highest BCUT2D eigenvalue weighted by atomic mass is 31.3. The summed E-state index contributed by atoms with van der Waals surface area (Å²) in [5.74, 6) is 0.0563. The topological polar surface area (TPSA) is 297 Å². The Hall–Kier alpha value is -1.40. The molecule has 216 valence electrons. The van der Waals surface area contributed by atoms with Gasteiger partial charge in [0.25, 0.3) is 0 Å². The maximum atomic E-state index is 12.2. The monoisotopic (exact) mass is 605 g/mol. The fourth-order valence-corrected chi connectivity index (χ4v) is 7.25. The van der Waals surface area contributed by atoms with Crippen LogP contribution in [0.15, 0.2) is 12.7 Å². The van der Waals surface area contributed by atoms with E-state index in [2.05, 4.69) is 28.1 Å². The van der Waals surface area contributed by atoms with Gasteiger partial charge in [-0.3, -0.25) is 9.09 Å². The number of ether oxygens (including phenoxy) is 1. The second-order valence-electron chi connectivity index (χ2n) is 8.16. The molecule has 0 saturated carbocycles. The van der Waals surface area contributed by atoms with E-state index >= 15 is 0 Å². The third kappa shape index (κ3) is 8.30. The molecule has 2 aromatic rings. The summed E-state index contributed by atoms with van der Waals surface area (Å²) in [5.41, 5.74) is 11.5. The van der Waals surface area contributed by atoms with E-state index in [9.17, 15) is 38.6 Å². The fourth-order valence-electron chi connectivity index (χ4n) is 3.50. The van der Waals surface area contributed by atoms with E-state index in [-0.39, 0.29) is 23.5 Å². The molecule has 0 aromatic carbocycles. The summed E-state index contributed by atoms with van der Waals surface area (Å²) in [5, 5.41) is 22.8. The first-order valence-electron chi connectivity index (χ1n) is 11.2. The molecule has 0 spiro atoms. The molecule has 1 fully saturated rings. The van der Waals surface area contributed by atoms with Gasteiger partial charge in [-0.25, -0.2) is 33.7 Å². The number of aliphatic hydroxyl groups excluding tert-OH is 2. The molecule has 1 aliphatic heterocycles. The van der Waals surface area contributed by atoms with Crippen molar-refractivity contribution in [3.63, 3.8) is 0 Å². The number of nitrogens with zero attached hydrogens (tertiary/aromatic N) is 4. The van der Waals surface area contributed by atoms with Crippen LogP contribution in [0.4, 0.5) is 5.82 Å². The number of imidazole rings is 1. The fraction of sp³-hybridized carbons (Fsp3) is 0.688. The number of rotatable bonds is 15. The normalized spacial score (nSPS) is 26.7. The number of anilines is 1. The molecule has 1 aliphatic rings. The van der Waals surface area contributed by atoms with Crippen molar-refractivity contribution in [3.8, 4) is 0 Å². The lowest BCUT2D eigenvalue weighted by Crippen LogP contribution is -2.33. The number of hydrogen-bond acceptors (Lipinski definition) is 14. The highest BCUT2D eigenvalue weighted by Gasteiger charge is 2.47. The van der Waals surface area contributed by atoms with Crippen LogP contribution in [-0.4, -0.2) is 82.4 Å². The first-order valence-corrected chi connectivity index (χ1v) is 15.8. The molecule has 22 heteroatoms. The summed E-state index contributed by atoms with van der Waals surface area (Å²) in [7, 11) is -15.9. The van der Waals surface area contributed by atoms with Gasteiger partial charge in [-0.1, -0.05) is 12.8 Å². The van der Waals surface area contributed by atoms with Gasteiger partial charge < -0.3 is 41.1 Å². The largest absolute Gasteiger partial charge is 0.489 e. The number of fused-ring (bicyclic) bond motifs is 1. The Labute approximate surface area is 215 Å². The third-order valence-corrected chi connectivity index (χ3v) is 9.72. The zero-order valence-electron chi connectivity index (χ0n) is 19.8. The Bertz CT molecular complexity index is 1230. The summed E-state index contributed by atoms with van der Waals surface area (Å²) in [6.45, 7) is -0.468. The summed E-state index contributed by atoms with van der Waals surface area (Å²) in [6.07, 6.45) is -0.922. The van der Waals surface area contributed by atoms with Gasteiger partial charge in [0.05, 0.1) is 12.9 Å². The maximum Gasteiger partial charge on any atom is 0.489 e. The number of phosphoric ester groups is 1. The molecule has 19 nitrogen and oxygen atoms in total. The first-order chi connectivity index (χ1) is 17.8. The lowest BCUT2D eigenvalue weighted by atomic mass is 10.1. The molecule has 0 bridgehead atoms. The number of unbranched alkanes of at least 4 members (excludes halogenated alkanes) is 3. The molecule has 0 radical (unpaired) electrons. The molecule has 2 aromatic heterocycles. The lowest BCUT2D eigenvalue weighted by Gasteiger charge is -2.20. The summed E-state index contributed by atoms with van der Waals surface area (Å²) >= 11 is 0. The number of aromatic nitrogens is 4. The molecule has 3 heterocycles. The molecule has 38 heavy (non-hydrogen) atoms. The van der Waals surface area contributed by atoms with Crippen molar-refractivity contribution >= 4 is 40.4 Å². The molecule has 7 atom stereocenters. The van der Waals surface area contributed by atoms with Crippen molar-refractivity contribution < 1.29 is 56.5 Å². The molecule has 0 aliphatic carbocycles. The Kier molecular flexibility index (Phi) is 10.5. The number of nitrogen functional groups attached to an aromatic ring is 1. The number of aliphatic hydroxyl groups is 2. The Morgan fingerprint density at radius 3 is 2.42 bits per heavy atom. The summed E-state index contributed by atoms with van der Waals surface area (Å²) in [4.78, 5) is 41.0. The molecular weight excluding hydrogens is 575 g/mol. The van der Waals surface area contributed by atoms with E-state index in [1.807, 2.05) is 5.09 Å². The van der Waals surface area contributed by atoms with Crippen LogP contribution in [0.25, 0.3) is 11.2 Å². The van der Waals surface area contributed by atoms with Gasteiger partial charge in [-0.2, -0.15) is 8.62 Å². The van der Waals surface area contributed by atoms with Crippen LogP contribution in [0.5, 0.6) is 0 Å². The second-order valence-corrected chi connectivity index (χ2v) is 13.0. The minimum absolute atomic E-state index is 0.0563. The molecular formula is C16H30N7O12P3. The van der Waals surface area contributed by atoms with Gasteiger partial charge in [0.2, 0.25) is 0 Å². The highest BCUT2D eigenvalue weighted by molar-refractivity contribution is 7.67. The average molecular weight is 605 g/mol. The number of phosphoric acid groups is 2. The van der Waals surface area contributed by atoms with Crippen LogP contribution in [0.3, 0.4) is 0 Å². The smallest absolute Gasteiger partial charge is 0.387 e. The minimum atomic E-state index is -5.60. The van der Waals surface area contributed by atoms with Crippen molar-refractivity contribution in [2.45, 2.75) is 50.2 Å². The van der Waals surface area contributed by atoms with Gasteiger partial charge in [-0.05, 0) is 19.4 Å².